The van der Waals surface area contributed by atoms with Crippen LogP contribution in [0.5, 0.6) is 0 Å². The fourth-order valence-electron chi connectivity index (χ4n) is 2.19. The van der Waals surface area contributed by atoms with Gasteiger partial charge in [-0.05, 0) is 13.8 Å². The molecule has 8 heteroatoms. The van der Waals surface area contributed by atoms with Crippen LogP contribution in [0.3, 0.4) is 0 Å². The van der Waals surface area contributed by atoms with Gasteiger partial charge in [0.1, 0.15) is 5.37 Å². The molecule has 0 bridgehead atoms. The second-order valence-corrected chi connectivity index (χ2v) is 9.40. The molecule has 1 N–H and O–H groups in total. The zero-order valence-electron chi connectivity index (χ0n) is 11.9. The molecule has 0 aliphatic carbocycles. The standard InChI is InChI=1S/C12H20N2O3S3/c1-4-20(16,17)10-7-18-6-5-14(10)12-13-8(2)11(19-12)9(3)15/h9-10,15H,4-7H2,1-3H3. The summed E-state index contributed by atoms with van der Waals surface area (Å²) in [5.74, 6) is 1.62. The van der Waals surface area contributed by atoms with Gasteiger partial charge in [-0.3, -0.25) is 0 Å². The van der Waals surface area contributed by atoms with Crippen LogP contribution in [0.4, 0.5) is 5.13 Å². The predicted octanol–water partition coefficient (Wildman–Crippen LogP) is 1.82. The zero-order chi connectivity index (χ0) is 14.9. The third-order valence-corrected chi connectivity index (χ3v) is 8.00. The van der Waals surface area contributed by atoms with Gasteiger partial charge in [-0.25, -0.2) is 13.4 Å². The summed E-state index contributed by atoms with van der Waals surface area (Å²) in [6.45, 7) is 5.92. The van der Waals surface area contributed by atoms with Crippen LogP contribution in [-0.4, -0.2) is 47.7 Å². The molecule has 114 valence electrons. The maximum absolute atomic E-state index is 12.2. The van der Waals surface area contributed by atoms with E-state index >= 15 is 0 Å². The lowest BCUT2D eigenvalue weighted by atomic mass is 10.3. The fraction of sp³-hybridized carbons (Fsp3) is 0.750. The van der Waals surface area contributed by atoms with Crippen LogP contribution in [0.1, 0.15) is 30.5 Å². The number of anilines is 1. The first-order valence-electron chi connectivity index (χ1n) is 6.58. The summed E-state index contributed by atoms with van der Waals surface area (Å²) in [6.07, 6.45) is -0.568. The van der Waals surface area contributed by atoms with E-state index < -0.39 is 21.3 Å². The highest BCUT2D eigenvalue weighted by molar-refractivity contribution is 8.01. The molecule has 1 aliphatic heterocycles. The molecule has 0 aromatic carbocycles. The molecule has 20 heavy (non-hydrogen) atoms. The minimum Gasteiger partial charge on any atom is -0.388 e. The monoisotopic (exact) mass is 336 g/mol. The first-order valence-corrected chi connectivity index (χ1v) is 10.3. The summed E-state index contributed by atoms with van der Waals surface area (Å²) >= 11 is 3.06. The molecule has 5 nitrogen and oxygen atoms in total. The van der Waals surface area contributed by atoms with Crippen molar-refractivity contribution in [2.24, 2.45) is 0 Å². The molecule has 1 aromatic rings. The van der Waals surface area contributed by atoms with Gasteiger partial charge in [0.25, 0.3) is 0 Å². The normalized spacial score (nSPS) is 22.0. The van der Waals surface area contributed by atoms with E-state index in [1.54, 1.807) is 25.6 Å². The largest absolute Gasteiger partial charge is 0.388 e. The van der Waals surface area contributed by atoms with E-state index in [9.17, 15) is 13.5 Å². The van der Waals surface area contributed by atoms with Gasteiger partial charge < -0.3 is 10.0 Å². The van der Waals surface area contributed by atoms with E-state index in [2.05, 4.69) is 4.98 Å². The highest BCUT2D eigenvalue weighted by atomic mass is 32.2. The minimum atomic E-state index is -3.13. The fourth-order valence-corrected chi connectivity index (χ4v) is 6.31. The van der Waals surface area contributed by atoms with E-state index in [4.69, 9.17) is 0 Å². The molecule has 0 radical (unpaired) electrons. The molecule has 1 aromatic heterocycles. The van der Waals surface area contributed by atoms with Crippen molar-refractivity contribution in [3.63, 3.8) is 0 Å². The Balaban J connectivity index is 2.36. The van der Waals surface area contributed by atoms with Crippen LogP contribution in [0.2, 0.25) is 0 Å². The minimum absolute atomic E-state index is 0.141. The topological polar surface area (TPSA) is 70.5 Å². The average Bonchev–Trinajstić information content (AvgIpc) is 2.81. The molecule has 1 aliphatic rings. The van der Waals surface area contributed by atoms with Gasteiger partial charge in [-0.15, -0.1) is 0 Å². The maximum Gasteiger partial charge on any atom is 0.186 e. The average molecular weight is 337 g/mol. The molecule has 2 rings (SSSR count). The van der Waals surface area contributed by atoms with Gasteiger partial charge in [-0.2, -0.15) is 11.8 Å². The Labute approximate surface area is 128 Å². The van der Waals surface area contributed by atoms with Crippen LogP contribution in [0, 0.1) is 6.92 Å². The highest BCUT2D eigenvalue weighted by Crippen LogP contribution is 2.34. The zero-order valence-corrected chi connectivity index (χ0v) is 14.3. The van der Waals surface area contributed by atoms with Gasteiger partial charge in [0.2, 0.25) is 0 Å². The number of sulfone groups is 1. The van der Waals surface area contributed by atoms with E-state index in [0.717, 1.165) is 16.3 Å². The van der Waals surface area contributed by atoms with Gasteiger partial charge in [-0.1, -0.05) is 18.3 Å². The quantitative estimate of drug-likeness (QED) is 0.904. The SMILES string of the molecule is CCS(=O)(=O)C1CSCCN1c1nc(C)c(C(C)O)s1. The van der Waals surface area contributed by atoms with Gasteiger partial charge >= 0.3 is 0 Å². The molecule has 2 atom stereocenters. The van der Waals surface area contributed by atoms with Crippen molar-refractivity contribution in [1.29, 1.82) is 0 Å². The van der Waals surface area contributed by atoms with Crippen LogP contribution in [0.15, 0.2) is 0 Å². The predicted molar refractivity (Wildman–Crippen MR) is 85.4 cm³/mol. The summed E-state index contributed by atoms with van der Waals surface area (Å²) < 4.78 is 24.5. The van der Waals surface area contributed by atoms with Crippen molar-refractivity contribution in [1.82, 2.24) is 4.98 Å². The number of aliphatic hydroxyl groups is 1. The van der Waals surface area contributed by atoms with Crippen LogP contribution in [-0.2, 0) is 9.84 Å². The Morgan fingerprint density at radius 2 is 2.25 bits per heavy atom. The maximum atomic E-state index is 12.2. The van der Waals surface area contributed by atoms with E-state index in [1.165, 1.54) is 11.3 Å². The Kier molecular flexibility index (Phi) is 4.99. The number of aliphatic hydroxyl groups excluding tert-OH is 1. The lowest BCUT2D eigenvalue weighted by Crippen LogP contribution is -2.48. The molecule has 0 amide bonds. The molecular weight excluding hydrogens is 316 g/mol. The highest BCUT2D eigenvalue weighted by Gasteiger charge is 2.34. The van der Waals surface area contributed by atoms with Crippen LogP contribution < -0.4 is 4.90 Å². The summed E-state index contributed by atoms with van der Waals surface area (Å²) in [5.41, 5.74) is 0.783. The molecule has 0 saturated carbocycles. The Morgan fingerprint density at radius 1 is 1.55 bits per heavy atom. The van der Waals surface area contributed by atoms with Gasteiger partial charge in [0, 0.05) is 23.8 Å². The number of thioether (sulfide) groups is 1. The van der Waals surface area contributed by atoms with E-state index in [0.29, 0.717) is 17.4 Å². The first-order chi connectivity index (χ1) is 9.36. The number of rotatable bonds is 4. The van der Waals surface area contributed by atoms with Crippen molar-refractivity contribution in [2.45, 2.75) is 32.2 Å². The van der Waals surface area contributed by atoms with Crippen LogP contribution >= 0.6 is 23.1 Å². The van der Waals surface area contributed by atoms with E-state index in [1.807, 2.05) is 11.8 Å². The second kappa shape index (κ2) is 6.21. The molecule has 1 fully saturated rings. The number of nitrogens with zero attached hydrogens (tertiary/aromatic N) is 2. The first kappa shape index (κ1) is 16.1. The summed E-state index contributed by atoms with van der Waals surface area (Å²) in [4.78, 5) is 7.16. The number of aromatic nitrogens is 1. The molecular formula is C12H20N2O3S3. The summed E-state index contributed by atoms with van der Waals surface area (Å²) in [5, 5.41) is 9.93. The third kappa shape index (κ3) is 3.13. The van der Waals surface area contributed by atoms with Crippen molar-refractivity contribution >= 4 is 38.1 Å². The molecule has 2 heterocycles. The van der Waals surface area contributed by atoms with Crippen molar-refractivity contribution in [3.05, 3.63) is 10.6 Å². The summed E-state index contributed by atoms with van der Waals surface area (Å²) in [7, 11) is -3.13. The van der Waals surface area contributed by atoms with E-state index in [-0.39, 0.29) is 5.75 Å². The number of hydrogen-bond donors (Lipinski definition) is 1. The molecule has 1 saturated heterocycles. The third-order valence-electron chi connectivity index (χ3n) is 3.35. The van der Waals surface area contributed by atoms with Crippen molar-refractivity contribution < 1.29 is 13.5 Å². The number of thiazole rings is 1. The number of hydrogen-bond acceptors (Lipinski definition) is 7. The Morgan fingerprint density at radius 3 is 2.80 bits per heavy atom. The Bertz CT molecular complexity index is 569. The van der Waals surface area contributed by atoms with Crippen molar-refractivity contribution in [2.75, 3.05) is 28.7 Å². The van der Waals surface area contributed by atoms with Gasteiger partial charge in [0.05, 0.1) is 16.7 Å². The van der Waals surface area contributed by atoms with Crippen LogP contribution in [0.25, 0.3) is 0 Å². The molecule has 2 unspecified atom stereocenters. The smallest absolute Gasteiger partial charge is 0.186 e. The van der Waals surface area contributed by atoms with Crippen molar-refractivity contribution in [3.8, 4) is 0 Å². The second-order valence-electron chi connectivity index (χ2n) is 4.80. The molecule has 0 spiro atoms. The lowest BCUT2D eigenvalue weighted by molar-refractivity contribution is 0.202. The Hall–Kier alpha value is -0.310. The van der Waals surface area contributed by atoms with Gasteiger partial charge in [0.15, 0.2) is 15.0 Å². The lowest BCUT2D eigenvalue weighted by Gasteiger charge is -2.34. The number of aryl methyl sites for hydroxylation is 1. The summed E-state index contributed by atoms with van der Waals surface area (Å²) in [6, 6.07) is 0.